The summed E-state index contributed by atoms with van der Waals surface area (Å²) in [7, 11) is 0. The Labute approximate surface area is 291 Å². The molecule has 1 N–H and O–H groups in total. The molecule has 8 bridgehead atoms. The summed E-state index contributed by atoms with van der Waals surface area (Å²) < 4.78 is 6.66. The number of pyridine rings is 1. The Morgan fingerprint density at radius 3 is 1.92 bits per heavy atom. The quantitative estimate of drug-likeness (QED) is 0.200. The van der Waals surface area contributed by atoms with E-state index < -0.39 is 0 Å². The van der Waals surface area contributed by atoms with E-state index in [-0.39, 0.29) is 0 Å². The molecule has 11 rings (SSSR count). The van der Waals surface area contributed by atoms with Crippen LogP contribution in [0, 0.1) is 0 Å². The van der Waals surface area contributed by atoms with Crippen molar-refractivity contribution in [2.75, 3.05) is 4.90 Å². The fourth-order valence-corrected chi connectivity index (χ4v) is 7.48. The maximum atomic E-state index is 6.66. The summed E-state index contributed by atoms with van der Waals surface area (Å²) in [6.07, 6.45) is 0. The van der Waals surface area contributed by atoms with Gasteiger partial charge >= 0.3 is 0 Å². The first-order chi connectivity index (χ1) is 25.3. The average Bonchev–Trinajstić information content (AvgIpc) is 3.77. The zero-order valence-corrected chi connectivity index (χ0v) is 27.1. The van der Waals surface area contributed by atoms with Crippen LogP contribution in [0.5, 0.6) is 0 Å². The van der Waals surface area contributed by atoms with E-state index in [9.17, 15) is 0 Å². The number of aromatic amines is 1. The number of hydrogen-bond acceptors (Lipinski definition) is 6. The molecular formula is C44H26N6O. The summed E-state index contributed by atoms with van der Waals surface area (Å²) in [5.74, 6) is 2.45. The maximum Gasteiger partial charge on any atom is 0.167 e. The molecule has 0 radical (unpaired) electrons. The molecule has 0 amide bonds. The molecule has 1 aliphatic heterocycles. The molecule has 4 aromatic heterocycles. The number of fused-ring (bicyclic) bond motifs is 14. The Kier molecular flexibility index (Phi) is 5.83. The molecule has 0 aliphatic carbocycles. The lowest BCUT2D eigenvalue weighted by atomic mass is 10.0. The summed E-state index contributed by atoms with van der Waals surface area (Å²) >= 11 is 0. The van der Waals surface area contributed by atoms with Crippen LogP contribution in [0.1, 0.15) is 0 Å². The van der Waals surface area contributed by atoms with Crippen molar-refractivity contribution in [3.63, 3.8) is 0 Å². The molecule has 10 aromatic rings. The van der Waals surface area contributed by atoms with Crippen LogP contribution in [-0.4, -0.2) is 24.9 Å². The number of benzene rings is 6. The number of H-pyrrole nitrogens is 1. The molecule has 0 spiro atoms. The van der Waals surface area contributed by atoms with Gasteiger partial charge in [-0.3, -0.25) is 4.90 Å². The molecule has 0 fully saturated rings. The predicted octanol–water partition coefficient (Wildman–Crippen LogP) is 11.3. The number of nitrogens with zero attached hydrogens (tertiary/aromatic N) is 5. The van der Waals surface area contributed by atoms with Gasteiger partial charge in [0.15, 0.2) is 17.5 Å². The number of aromatic nitrogens is 5. The second-order valence-electron chi connectivity index (χ2n) is 12.8. The molecule has 238 valence electrons. The van der Waals surface area contributed by atoms with Gasteiger partial charge in [-0.05, 0) is 48.5 Å². The molecule has 0 saturated heterocycles. The van der Waals surface area contributed by atoms with E-state index in [1.54, 1.807) is 0 Å². The molecule has 0 saturated carbocycles. The van der Waals surface area contributed by atoms with Crippen LogP contribution in [-0.2, 0) is 0 Å². The summed E-state index contributed by atoms with van der Waals surface area (Å²) in [4.78, 5) is 26.9. The van der Waals surface area contributed by atoms with Crippen molar-refractivity contribution < 1.29 is 4.42 Å². The van der Waals surface area contributed by atoms with Crippen LogP contribution in [0.3, 0.4) is 0 Å². The molecule has 5 heterocycles. The van der Waals surface area contributed by atoms with Crippen molar-refractivity contribution >= 4 is 60.9 Å². The highest BCUT2D eigenvalue weighted by atomic mass is 16.3. The number of anilines is 3. The average molecular weight is 655 g/mol. The largest absolute Gasteiger partial charge is 0.455 e. The highest BCUT2D eigenvalue weighted by Gasteiger charge is 2.24. The number of nitrogens with one attached hydrogen (secondary N) is 1. The van der Waals surface area contributed by atoms with Gasteiger partial charge in [-0.2, -0.15) is 0 Å². The summed E-state index contributed by atoms with van der Waals surface area (Å²) in [5, 5.41) is 4.16. The van der Waals surface area contributed by atoms with Gasteiger partial charge < -0.3 is 9.40 Å². The van der Waals surface area contributed by atoms with E-state index in [1.807, 2.05) is 66.7 Å². The minimum absolute atomic E-state index is 0.517. The first-order valence-electron chi connectivity index (χ1n) is 16.9. The van der Waals surface area contributed by atoms with Gasteiger partial charge in [0.2, 0.25) is 0 Å². The number of hydrogen-bond donors (Lipinski definition) is 1. The number of furan rings is 1. The fraction of sp³-hybridized carbons (Fsp3) is 0. The first kappa shape index (κ1) is 27.8. The van der Waals surface area contributed by atoms with E-state index in [2.05, 4.69) is 94.8 Å². The van der Waals surface area contributed by atoms with Crippen molar-refractivity contribution in [3.8, 4) is 45.4 Å². The minimum atomic E-state index is 0.517. The smallest absolute Gasteiger partial charge is 0.167 e. The van der Waals surface area contributed by atoms with Gasteiger partial charge in [0, 0.05) is 49.6 Å². The third-order valence-corrected chi connectivity index (χ3v) is 9.79. The van der Waals surface area contributed by atoms with Gasteiger partial charge in [0.25, 0.3) is 0 Å². The SMILES string of the molecule is c1ccc(-c2nc3nc(n2)-c2cc(cc4c2oc2ccccc24)N(c2ccccc2)c2cccc(n2)-c2cccc4c2[nH]c2c-3cccc24)cc1. The van der Waals surface area contributed by atoms with Crippen molar-refractivity contribution in [1.29, 1.82) is 0 Å². The lowest BCUT2D eigenvalue weighted by molar-refractivity contribution is 0.669. The van der Waals surface area contributed by atoms with Crippen molar-refractivity contribution in [2.24, 2.45) is 0 Å². The van der Waals surface area contributed by atoms with E-state index in [4.69, 9.17) is 24.4 Å². The number of rotatable bonds is 2. The Balaban J connectivity index is 1.34. The third-order valence-electron chi connectivity index (χ3n) is 9.79. The Morgan fingerprint density at radius 1 is 0.451 bits per heavy atom. The van der Waals surface area contributed by atoms with Crippen molar-refractivity contribution in [1.82, 2.24) is 24.9 Å². The van der Waals surface area contributed by atoms with Crippen LogP contribution in [0.15, 0.2) is 156 Å². The van der Waals surface area contributed by atoms with Crippen LogP contribution in [0.25, 0.3) is 89.2 Å². The van der Waals surface area contributed by atoms with Gasteiger partial charge in [-0.15, -0.1) is 0 Å². The Morgan fingerprint density at radius 2 is 1.10 bits per heavy atom. The monoisotopic (exact) mass is 654 g/mol. The summed E-state index contributed by atoms with van der Waals surface area (Å²) in [6.45, 7) is 0. The van der Waals surface area contributed by atoms with E-state index in [0.717, 1.165) is 83.3 Å². The van der Waals surface area contributed by atoms with Crippen LogP contribution in [0.2, 0.25) is 0 Å². The van der Waals surface area contributed by atoms with Crippen LogP contribution >= 0.6 is 0 Å². The van der Waals surface area contributed by atoms with Crippen LogP contribution < -0.4 is 4.90 Å². The second-order valence-corrected chi connectivity index (χ2v) is 12.8. The highest BCUT2D eigenvalue weighted by molar-refractivity contribution is 6.15. The third kappa shape index (κ3) is 4.25. The first-order valence-corrected chi connectivity index (χ1v) is 16.9. The molecule has 6 aromatic carbocycles. The lowest BCUT2D eigenvalue weighted by Gasteiger charge is -2.25. The zero-order valence-electron chi connectivity index (χ0n) is 27.1. The summed E-state index contributed by atoms with van der Waals surface area (Å²) in [5.41, 5.74) is 9.76. The molecule has 51 heavy (non-hydrogen) atoms. The Hall–Kier alpha value is -7.12. The van der Waals surface area contributed by atoms with Gasteiger partial charge in [0.05, 0.1) is 22.3 Å². The maximum absolute atomic E-state index is 6.66. The highest BCUT2D eigenvalue weighted by Crippen LogP contribution is 2.44. The predicted molar refractivity (Wildman–Crippen MR) is 204 cm³/mol. The fourth-order valence-electron chi connectivity index (χ4n) is 7.48. The zero-order chi connectivity index (χ0) is 33.5. The molecule has 7 nitrogen and oxygen atoms in total. The van der Waals surface area contributed by atoms with Gasteiger partial charge in [0.1, 0.15) is 17.0 Å². The Bertz CT molecular complexity index is 2980. The van der Waals surface area contributed by atoms with Gasteiger partial charge in [-0.25, -0.2) is 19.9 Å². The van der Waals surface area contributed by atoms with Crippen molar-refractivity contribution in [3.05, 3.63) is 152 Å². The topological polar surface area (TPSA) is 83.7 Å². The van der Waals surface area contributed by atoms with Crippen LogP contribution in [0.4, 0.5) is 17.2 Å². The molecule has 0 unspecified atom stereocenters. The molecular weight excluding hydrogens is 629 g/mol. The van der Waals surface area contributed by atoms with Crippen molar-refractivity contribution in [2.45, 2.75) is 0 Å². The van der Waals surface area contributed by atoms with Gasteiger partial charge in [-0.1, -0.05) is 103 Å². The molecule has 7 heteroatoms. The minimum Gasteiger partial charge on any atom is -0.455 e. The summed E-state index contributed by atoms with van der Waals surface area (Å²) in [6, 6.07) is 51.7. The lowest BCUT2D eigenvalue weighted by Crippen LogP contribution is -2.12. The molecule has 0 atom stereocenters. The standard InChI is InChI=1S/C44H26N6O/c1-3-12-26(13-4-1)42-47-43-33-20-10-18-31-30-17-9-19-32(39(30)46-40(31)33)36-21-11-23-38(45-36)50(27-14-5-2-6-15-27)28-24-34-29-16-7-8-22-37(29)51-41(34)35(25-28)44(48-42)49-43/h1-25,46H. The van der Waals surface area contributed by atoms with E-state index in [0.29, 0.717) is 23.1 Å². The molecule has 1 aliphatic rings. The normalized spacial score (nSPS) is 12.3. The van der Waals surface area contributed by atoms with E-state index >= 15 is 0 Å². The number of para-hydroxylation sites is 4. The van der Waals surface area contributed by atoms with E-state index in [1.165, 1.54) is 0 Å². The second kappa shape index (κ2) is 10.7.